The summed E-state index contributed by atoms with van der Waals surface area (Å²) in [6, 6.07) is 13.7. The molecule has 0 bridgehead atoms. The molecule has 0 radical (unpaired) electrons. The second-order valence-corrected chi connectivity index (χ2v) is 6.48. The van der Waals surface area contributed by atoms with E-state index >= 15 is 0 Å². The molecule has 144 valence electrons. The van der Waals surface area contributed by atoms with Gasteiger partial charge in [0.1, 0.15) is 0 Å². The third-order valence-corrected chi connectivity index (χ3v) is 4.21. The van der Waals surface area contributed by atoms with Crippen LogP contribution >= 0.6 is 11.6 Å². The summed E-state index contributed by atoms with van der Waals surface area (Å²) < 4.78 is 39.8. The van der Waals surface area contributed by atoms with E-state index in [0.717, 1.165) is 12.1 Å². The van der Waals surface area contributed by atoms with Crippen molar-refractivity contribution in [3.63, 3.8) is 0 Å². The third-order valence-electron chi connectivity index (χ3n) is 3.95. The van der Waals surface area contributed by atoms with E-state index in [2.05, 4.69) is 5.32 Å². The zero-order valence-electron chi connectivity index (χ0n) is 14.3. The maximum absolute atomic E-state index is 12.9. The highest BCUT2D eigenvalue weighted by atomic mass is 35.5. The molecule has 0 saturated carbocycles. The number of alkyl halides is 3. The second kappa shape index (κ2) is 7.90. The van der Waals surface area contributed by atoms with Gasteiger partial charge in [-0.1, -0.05) is 23.7 Å². The Hall–Kier alpha value is -3.06. The number of anilines is 1. The minimum Gasteiger partial charge on any atom is -0.322 e. The van der Waals surface area contributed by atoms with E-state index < -0.39 is 23.2 Å². The summed E-state index contributed by atoms with van der Waals surface area (Å²) in [5.74, 6) is -0.458. The van der Waals surface area contributed by atoms with Gasteiger partial charge in [-0.3, -0.25) is 9.59 Å². The zero-order valence-corrected chi connectivity index (χ0v) is 15.1. The van der Waals surface area contributed by atoms with E-state index in [1.165, 1.54) is 35.0 Å². The summed E-state index contributed by atoms with van der Waals surface area (Å²) in [5, 5.41) is 3.18. The standard InChI is InChI=1S/C20H14ClF3N2O2/c21-16-5-7-17(8-6-16)25-19(28)14-4-9-18(27)26(12-14)11-13-2-1-3-15(10-13)20(22,23)24/h1-10,12H,11H2,(H,25,28). The van der Waals surface area contributed by atoms with Gasteiger partial charge in [-0.25, -0.2) is 0 Å². The summed E-state index contributed by atoms with van der Waals surface area (Å²) in [6.45, 7) is -0.0924. The fourth-order valence-electron chi connectivity index (χ4n) is 2.57. The van der Waals surface area contributed by atoms with Gasteiger partial charge in [0.25, 0.3) is 11.5 Å². The number of rotatable bonds is 4. The Morgan fingerprint density at radius 1 is 1.04 bits per heavy atom. The van der Waals surface area contributed by atoms with Crippen LogP contribution in [-0.4, -0.2) is 10.5 Å². The molecule has 3 aromatic rings. The summed E-state index contributed by atoms with van der Waals surface area (Å²) in [6.07, 6.45) is -3.16. The van der Waals surface area contributed by atoms with E-state index in [4.69, 9.17) is 11.6 Å². The van der Waals surface area contributed by atoms with Gasteiger partial charge in [0, 0.05) is 23.0 Å². The van der Waals surface area contributed by atoms with Crippen molar-refractivity contribution in [3.05, 3.63) is 98.9 Å². The molecule has 0 saturated heterocycles. The lowest BCUT2D eigenvalue weighted by atomic mass is 10.1. The Bertz CT molecular complexity index is 1060. The number of aromatic nitrogens is 1. The minimum atomic E-state index is -4.47. The predicted octanol–water partition coefficient (Wildman–Crippen LogP) is 4.82. The van der Waals surface area contributed by atoms with Crippen LogP contribution in [0.4, 0.5) is 18.9 Å². The number of halogens is 4. The van der Waals surface area contributed by atoms with Crippen LogP contribution < -0.4 is 10.9 Å². The first-order valence-corrected chi connectivity index (χ1v) is 8.54. The van der Waals surface area contributed by atoms with Gasteiger partial charge in [-0.2, -0.15) is 13.2 Å². The number of hydrogen-bond donors (Lipinski definition) is 1. The van der Waals surface area contributed by atoms with Gasteiger partial charge >= 0.3 is 6.18 Å². The highest BCUT2D eigenvalue weighted by molar-refractivity contribution is 6.30. The Morgan fingerprint density at radius 3 is 2.43 bits per heavy atom. The van der Waals surface area contributed by atoms with Crippen molar-refractivity contribution in [1.29, 1.82) is 0 Å². The topological polar surface area (TPSA) is 51.1 Å². The molecule has 8 heteroatoms. The van der Waals surface area contributed by atoms with E-state index in [0.29, 0.717) is 16.3 Å². The summed E-state index contributed by atoms with van der Waals surface area (Å²) in [7, 11) is 0. The second-order valence-electron chi connectivity index (χ2n) is 6.04. The molecule has 0 atom stereocenters. The van der Waals surface area contributed by atoms with Crippen LogP contribution in [0, 0.1) is 0 Å². The summed E-state index contributed by atoms with van der Waals surface area (Å²) >= 11 is 5.80. The molecule has 2 aromatic carbocycles. The normalized spacial score (nSPS) is 11.3. The zero-order chi connectivity index (χ0) is 20.3. The molecule has 28 heavy (non-hydrogen) atoms. The average Bonchev–Trinajstić information content (AvgIpc) is 2.65. The van der Waals surface area contributed by atoms with Crippen molar-refractivity contribution < 1.29 is 18.0 Å². The third kappa shape index (κ3) is 4.80. The quantitative estimate of drug-likeness (QED) is 0.675. The molecule has 0 unspecified atom stereocenters. The number of nitrogens with one attached hydrogen (secondary N) is 1. The molecule has 1 amide bonds. The fraction of sp³-hybridized carbons (Fsp3) is 0.100. The van der Waals surface area contributed by atoms with Crippen LogP contribution in [0.2, 0.25) is 5.02 Å². The number of hydrogen-bond acceptors (Lipinski definition) is 2. The number of pyridine rings is 1. The first kappa shape index (κ1) is 19.7. The van der Waals surface area contributed by atoms with Crippen LogP contribution in [0.15, 0.2) is 71.7 Å². The highest BCUT2D eigenvalue weighted by Gasteiger charge is 2.30. The van der Waals surface area contributed by atoms with Gasteiger partial charge in [-0.05, 0) is 48.0 Å². The number of amides is 1. The van der Waals surface area contributed by atoms with Crippen molar-refractivity contribution >= 4 is 23.2 Å². The van der Waals surface area contributed by atoms with E-state index in [9.17, 15) is 22.8 Å². The van der Waals surface area contributed by atoms with E-state index in [-0.39, 0.29) is 12.1 Å². The molecule has 0 aliphatic heterocycles. The lowest BCUT2D eigenvalue weighted by Crippen LogP contribution is -2.22. The van der Waals surface area contributed by atoms with Crippen LogP contribution in [0.1, 0.15) is 21.5 Å². The monoisotopic (exact) mass is 406 g/mol. The van der Waals surface area contributed by atoms with Gasteiger partial charge in [0.2, 0.25) is 0 Å². The number of carbonyl (C=O) groups excluding carboxylic acids is 1. The molecule has 1 heterocycles. The molecule has 0 fully saturated rings. The lowest BCUT2D eigenvalue weighted by Gasteiger charge is -2.11. The molecule has 4 nitrogen and oxygen atoms in total. The van der Waals surface area contributed by atoms with E-state index in [1.54, 1.807) is 24.3 Å². The molecular formula is C20H14ClF3N2O2. The maximum Gasteiger partial charge on any atom is 0.416 e. The van der Waals surface area contributed by atoms with Crippen LogP contribution in [-0.2, 0) is 12.7 Å². The molecule has 1 aromatic heterocycles. The van der Waals surface area contributed by atoms with Crippen LogP contribution in [0.5, 0.6) is 0 Å². The molecule has 0 aliphatic carbocycles. The van der Waals surface area contributed by atoms with Gasteiger partial charge < -0.3 is 9.88 Å². The predicted molar refractivity (Wildman–Crippen MR) is 101 cm³/mol. The van der Waals surface area contributed by atoms with Crippen molar-refractivity contribution in [2.75, 3.05) is 5.32 Å². The van der Waals surface area contributed by atoms with Gasteiger partial charge in [0.05, 0.1) is 17.7 Å². The average molecular weight is 407 g/mol. The molecule has 0 spiro atoms. The van der Waals surface area contributed by atoms with Crippen LogP contribution in [0.25, 0.3) is 0 Å². The van der Waals surface area contributed by atoms with Crippen molar-refractivity contribution in [2.45, 2.75) is 12.7 Å². The van der Waals surface area contributed by atoms with Gasteiger partial charge in [-0.15, -0.1) is 0 Å². The Balaban J connectivity index is 1.83. The van der Waals surface area contributed by atoms with Crippen molar-refractivity contribution in [2.24, 2.45) is 0 Å². The van der Waals surface area contributed by atoms with Crippen molar-refractivity contribution in [3.8, 4) is 0 Å². The number of benzene rings is 2. The molecule has 3 rings (SSSR count). The molecule has 1 N–H and O–H groups in total. The Morgan fingerprint density at radius 2 is 1.75 bits per heavy atom. The molecular weight excluding hydrogens is 393 g/mol. The van der Waals surface area contributed by atoms with E-state index in [1.807, 2.05) is 0 Å². The summed E-state index contributed by atoms with van der Waals surface area (Å²) in [5.41, 5.74) is -0.214. The smallest absolute Gasteiger partial charge is 0.322 e. The molecule has 0 aliphatic rings. The summed E-state index contributed by atoms with van der Waals surface area (Å²) in [4.78, 5) is 24.5. The Kier molecular flexibility index (Phi) is 5.56. The maximum atomic E-state index is 12.9. The minimum absolute atomic E-state index is 0.0924. The largest absolute Gasteiger partial charge is 0.416 e. The first-order chi connectivity index (χ1) is 13.2. The number of nitrogens with zero attached hydrogens (tertiary/aromatic N) is 1. The fourth-order valence-corrected chi connectivity index (χ4v) is 2.69. The number of carbonyl (C=O) groups is 1. The Labute approximate surface area is 163 Å². The highest BCUT2D eigenvalue weighted by Crippen LogP contribution is 2.29. The lowest BCUT2D eigenvalue weighted by molar-refractivity contribution is -0.137. The van der Waals surface area contributed by atoms with Crippen LogP contribution in [0.3, 0.4) is 0 Å². The van der Waals surface area contributed by atoms with Crippen molar-refractivity contribution in [1.82, 2.24) is 4.57 Å². The van der Waals surface area contributed by atoms with Gasteiger partial charge in [0.15, 0.2) is 0 Å². The first-order valence-electron chi connectivity index (χ1n) is 8.16. The SMILES string of the molecule is O=C(Nc1ccc(Cl)cc1)c1ccc(=O)n(Cc2cccc(C(F)(F)F)c2)c1.